The van der Waals surface area contributed by atoms with Crippen molar-refractivity contribution in [3.8, 4) is 0 Å². The highest BCUT2D eigenvalue weighted by molar-refractivity contribution is 7.90. The number of aromatic amines is 1. The van der Waals surface area contributed by atoms with E-state index in [1.807, 2.05) is 35.1 Å². The maximum absolute atomic E-state index is 12.6. The van der Waals surface area contributed by atoms with Gasteiger partial charge in [-0.1, -0.05) is 48.5 Å². The van der Waals surface area contributed by atoms with Crippen LogP contribution in [-0.2, 0) is 16.6 Å². The molecule has 0 saturated heterocycles. The number of nitrogens with zero attached hydrogens (tertiary/aromatic N) is 3. The van der Waals surface area contributed by atoms with E-state index in [1.54, 1.807) is 25.1 Å². The largest absolute Gasteiger partial charge is 0.382 e. The van der Waals surface area contributed by atoms with Crippen LogP contribution < -0.4 is 16.1 Å². The molecule has 2 aromatic heterocycles. The second kappa shape index (κ2) is 7.69. The van der Waals surface area contributed by atoms with Crippen molar-refractivity contribution in [2.75, 3.05) is 5.73 Å². The Labute approximate surface area is 176 Å². The third kappa shape index (κ3) is 3.90. The number of nitrogen functional groups attached to an aromatic ring is 1. The first-order valence-corrected chi connectivity index (χ1v) is 10.7. The smallest absolute Gasteiger partial charge is 0.328 e. The van der Waals surface area contributed by atoms with Crippen LogP contribution in [0.3, 0.4) is 0 Å². The topological polar surface area (TPSA) is 153 Å². The zero-order valence-corrected chi connectivity index (χ0v) is 17.2. The monoisotopic (exact) mass is 438 g/mol. The van der Waals surface area contributed by atoms with Crippen LogP contribution in [0, 0.1) is 6.92 Å². The SMILES string of the molecule is Cc1ccccc1S(=O)(=O)NC(=O)c1nc(N)c2[nH]c(=O)n(Cc3ccccc3)c2n1. The van der Waals surface area contributed by atoms with Gasteiger partial charge in [-0.3, -0.25) is 9.36 Å². The molecule has 0 aliphatic heterocycles. The summed E-state index contributed by atoms with van der Waals surface area (Å²) >= 11 is 0. The molecule has 4 rings (SSSR count). The lowest BCUT2D eigenvalue weighted by molar-refractivity contribution is 0.0971. The molecule has 0 fully saturated rings. The molecule has 4 N–H and O–H groups in total. The number of imidazole rings is 1. The van der Waals surface area contributed by atoms with Crippen LogP contribution in [-0.4, -0.2) is 33.8 Å². The average molecular weight is 438 g/mol. The van der Waals surface area contributed by atoms with Gasteiger partial charge in [0.05, 0.1) is 11.4 Å². The van der Waals surface area contributed by atoms with E-state index in [2.05, 4.69) is 15.0 Å². The number of aromatic nitrogens is 4. The molecule has 0 bridgehead atoms. The zero-order valence-electron chi connectivity index (χ0n) is 16.4. The van der Waals surface area contributed by atoms with Crippen molar-refractivity contribution in [3.63, 3.8) is 0 Å². The van der Waals surface area contributed by atoms with Gasteiger partial charge in [0.2, 0.25) is 5.82 Å². The van der Waals surface area contributed by atoms with Crippen molar-refractivity contribution in [1.82, 2.24) is 24.2 Å². The van der Waals surface area contributed by atoms with Crippen molar-refractivity contribution in [2.24, 2.45) is 0 Å². The van der Waals surface area contributed by atoms with E-state index >= 15 is 0 Å². The van der Waals surface area contributed by atoms with Gasteiger partial charge in [0.25, 0.3) is 10.0 Å². The van der Waals surface area contributed by atoms with Gasteiger partial charge in [-0.15, -0.1) is 0 Å². The Kier molecular flexibility index (Phi) is 5.03. The third-order valence-corrected chi connectivity index (χ3v) is 6.14. The Morgan fingerprint density at radius 1 is 1.10 bits per heavy atom. The van der Waals surface area contributed by atoms with Crippen LogP contribution in [0.25, 0.3) is 11.2 Å². The number of fused-ring (bicyclic) bond motifs is 1. The molecule has 0 aliphatic carbocycles. The number of carbonyl (C=O) groups is 1. The van der Waals surface area contributed by atoms with E-state index in [1.165, 1.54) is 10.6 Å². The number of rotatable bonds is 5. The molecule has 0 atom stereocenters. The highest BCUT2D eigenvalue weighted by atomic mass is 32.2. The molecule has 11 heteroatoms. The number of nitrogens with two attached hydrogens (primary N) is 1. The summed E-state index contributed by atoms with van der Waals surface area (Å²) in [7, 11) is -4.15. The average Bonchev–Trinajstić information content (AvgIpc) is 3.04. The summed E-state index contributed by atoms with van der Waals surface area (Å²) in [6.07, 6.45) is 0. The number of sulfonamides is 1. The third-order valence-electron chi connectivity index (χ3n) is 4.65. The van der Waals surface area contributed by atoms with Crippen molar-refractivity contribution in [3.05, 3.63) is 82.0 Å². The van der Waals surface area contributed by atoms with Crippen molar-refractivity contribution >= 4 is 32.9 Å². The van der Waals surface area contributed by atoms with E-state index in [0.29, 0.717) is 5.56 Å². The number of hydrogen-bond donors (Lipinski definition) is 3. The van der Waals surface area contributed by atoms with Gasteiger partial charge in [-0.05, 0) is 24.1 Å². The van der Waals surface area contributed by atoms with Gasteiger partial charge in [-0.2, -0.15) is 0 Å². The van der Waals surface area contributed by atoms with E-state index in [-0.39, 0.29) is 28.4 Å². The van der Waals surface area contributed by atoms with Crippen molar-refractivity contribution in [1.29, 1.82) is 0 Å². The number of H-pyrrole nitrogens is 1. The van der Waals surface area contributed by atoms with E-state index in [9.17, 15) is 18.0 Å². The van der Waals surface area contributed by atoms with Gasteiger partial charge >= 0.3 is 11.6 Å². The van der Waals surface area contributed by atoms with Gasteiger partial charge in [0.1, 0.15) is 5.52 Å². The number of hydrogen-bond acceptors (Lipinski definition) is 7. The fourth-order valence-corrected chi connectivity index (χ4v) is 4.34. The van der Waals surface area contributed by atoms with Crippen molar-refractivity contribution in [2.45, 2.75) is 18.4 Å². The number of amides is 1. The molecule has 0 saturated carbocycles. The Morgan fingerprint density at radius 3 is 2.48 bits per heavy atom. The van der Waals surface area contributed by atoms with Crippen LogP contribution in [0.5, 0.6) is 0 Å². The Balaban J connectivity index is 1.73. The number of aryl methyl sites for hydroxylation is 1. The maximum Gasteiger partial charge on any atom is 0.328 e. The van der Waals surface area contributed by atoms with Gasteiger partial charge in [0, 0.05) is 0 Å². The molecule has 4 aromatic rings. The molecular formula is C20H18N6O4S. The predicted octanol–water partition coefficient (Wildman–Crippen LogP) is 1.18. The molecule has 0 spiro atoms. The highest BCUT2D eigenvalue weighted by Gasteiger charge is 2.24. The van der Waals surface area contributed by atoms with E-state index in [0.717, 1.165) is 5.56 Å². The molecule has 0 radical (unpaired) electrons. The molecule has 2 aromatic carbocycles. The lowest BCUT2D eigenvalue weighted by atomic mass is 10.2. The summed E-state index contributed by atoms with van der Waals surface area (Å²) in [6.45, 7) is 1.79. The molecule has 31 heavy (non-hydrogen) atoms. The second-order valence-corrected chi connectivity index (χ2v) is 8.48. The van der Waals surface area contributed by atoms with Crippen LogP contribution in [0.1, 0.15) is 21.7 Å². The molecule has 158 valence electrons. The minimum atomic E-state index is -4.15. The first-order valence-electron chi connectivity index (χ1n) is 9.19. The van der Waals surface area contributed by atoms with Crippen LogP contribution >= 0.6 is 0 Å². The Bertz CT molecular complexity index is 1460. The molecule has 1 amide bonds. The predicted molar refractivity (Wildman–Crippen MR) is 114 cm³/mol. The van der Waals surface area contributed by atoms with Crippen LogP contribution in [0.15, 0.2) is 64.3 Å². The maximum atomic E-state index is 12.6. The normalized spacial score (nSPS) is 11.5. The molecule has 10 nitrogen and oxygen atoms in total. The number of anilines is 1. The summed E-state index contributed by atoms with van der Waals surface area (Å²) < 4.78 is 28.5. The van der Waals surface area contributed by atoms with E-state index < -0.39 is 27.4 Å². The fourth-order valence-electron chi connectivity index (χ4n) is 3.15. The standard InChI is InChI=1S/C20H18N6O4S/c1-12-7-5-6-10-14(12)31(29,30)25-19(27)17-23-16(21)15-18(24-17)26(20(28)22-15)11-13-8-3-2-4-9-13/h2-10H,11H2,1H3,(H,22,28)(H,25,27)(H2,21,23,24). The van der Waals surface area contributed by atoms with Crippen LogP contribution in [0.4, 0.5) is 5.82 Å². The van der Waals surface area contributed by atoms with Crippen LogP contribution in [0.2, 0.25) is 0 Å². The number of carbonyl (C=O) groups excluding carboxylic acids is 1. The molecule has 0 aliphatic rings. The molecule has 2 heterocycles. The minimum absolute atomic E-state index is 0.0416. The number of nitrogens with one attached hydrogen (secondary N) is 2. The summed E-state index contributed by atoms with van der Waals surface area (Å²) in [5, 5.41) is 0. The van der Waals surface area contributed by atoms with Gasteiger partial charge in [0.15, 0.2) is 11.5 Å². The summed E-state index contributed by atoms with van der Waals surface area (Å²) in [5.74, 6) is -1.67. The van der Waals surface area contributed by atoms with Gasteiger partial charge in [-0.25, -0.2) is 27.9 Å². The number of benzene rings is 2. The minimum Gasteiger partial charge on any atom is -0.382 e. The Morgan fingerprint density at radius 2 is 1.77 bits per heavy atom. The Hall–Kier alpha value is -3.99. The quantitative estimate of drug-likeness (QED) is 0.423. The first-order chi connectivity index (χ1) is 14.8. The van der Waals surface area contributed by atoms with Gasteiger partial charge < -0.3 is 10.7 Å². The second-order valence-electron chi connectivity index (χ2n) is 6.83. The summed E-state index contributed by atoms with van der Waals surface area (Å²) in [5.41, 5.74) is 6.99. The fraction of sp³-hybridized carbons (Fsp3) is 0.100. The lowest BCUT2D eigenvalue weighted by Gasteiger charge is -2.09. The summed E-state index contributed by atoms with van der Waals surface area (Å²) in [6, 6.07) is 15.4. The molecular weight excluding hydrogens is 420 g/mol. The first kappa shape index (κ1) is 20.3. The lowest BCUT2D eigenvalue weighted by Crippen LogP contribution is -2.32. The zero-order chi connectivity index (χ0) is 22.2. The summed E-state index contributed by atoms with van der Waals surface area (Å²) in [4.78, 5) is 35.6. The van der Waals surface area contributed by atoms with Crippen molar-refractivity contribution < 1.29 is 13.2 Å². The molecule has 0 unspecified atom stereocenters. The highest BCUT2D eigenvalue weighted by Crippen LogP contribution is 2.17. The van der Waals surface area contributed by atoms with E-state index in [4.69, 9.17) is 5.73 Å².